The molecule has 0 N–H and O–H groups in total. The van der Waals surface area contributed by atoms with Crippen LogP contribution in [0.1, 0.15) is 37.9 Å². The van der Waals surface area contributed by atoms with Gasteiger partial charge in [0.15, 0.2) is 0 Å². The summed E-state index contributed by atoms with van der Waals surface area (Å²) in [7, 11) is 1.70. The first kappa shape index (κ1) is 20.2. The molecule has 0 aliphatic rings. The topological polar surface area (TPSA) is 89.7 Å². The number of amides is 1. The average Bonchev–Trinajstić information content (AvgIpc) is 3.18. The Labute approximate surface area is 179 Å². The van der Waals surface area contributed by atoms with Gasteiger partial charge >= 0.3 is 5.97 Å². The first-order chi connectivity index (χ1) is 14.8. The second kappa shape index (κ2) is 7.98. The van der Waals surface area contributed by atoms with Crippen LogP contribution in [0.3, 0.4) is 0 Å². The van der Waals surface area contributed by atoms with E-state index in [4.69, 9.17) is 4.74 Å². The molecule has 4 rings (SSSR count). The van der Waals surface area contributed by atoms with Crippen molar-refractivity contribution < 1.29 is 14.3 Å². The average molecular weight is 415 g/mol. The Kier molecular flexibility index (Phi) is 5.21. The van der Waals surface area contributed by atoms with Crippen molar-refractivity contribution >= 4 is 23.3 Å². The Morgan fingerprint density at radius 2 is 1.61 bits per heavy atom. The number of rotatable bonds is 4. The molecule has 0 saturated heterocycles. The Hall–Kier alpha value is -4.07. The SMILES string of the molecule is Cc1ccc(C(=O)N(C)c2ccc(OC(=O)c3nc4nc(C)cc(C)n4n3)cc2)cc1. The number of fused-ring (bicyclic) bond motifs is 1. The number of anilines is 1. The van der Waals surface area contributed by atoms with Gasteiger partial charge in [-0.25, -0.2) is 14.3 Å². The molecule has 8 heteroatoms. The number of benzene rings is 2. The van der Waals surface area contributed by atoms with E-state index in [0.717, 1.165) is 17.0 Å². The number of esters is 1. The molecule has 0 radical (unpaired) electrons. The molecule has 8 nitrogen and oxygen atoms in total. The van der Waals surface area contributed by atoms with Gasteiger partial charge in [-0.15, -0.1) is 5.10 Å². The van der Waals surface area contributed by atoms with Crippen molar-refractivity contribution in [2.24, 2.45) is 0 Å². The normalized spacial score (nSPS) is 10.8. The lowest BCUT2D eigenvalue weighted by Crippen LogP contribution is -2.26. The van der Waals surface area contributed by atoms with Crippen LogP contribution in [0.25, 0.3) is 5.78 Å². The van der Waals surface area contributed by atoms with Crippen LogP contribution in [-0.2, 0) is 0 Å². The van der Waals surface area contributed by atoms with Crippen molar-refractivity contribution in [2.75, 3.05) is 11.9 Å². The molecule has 1 amide bonds. The molecule has 0 aliphatic carbocycles. The van der Waals surface area contributed by atoms with E-state index in [1.807, 2.05) is 39.0 Å². The number of aryl methyl sites for hydroxylation is 3. The van der Waals surface area contributed by atoms with Gasteiger partial charge < -0.3 is 9.64 Å². The largest absolute Gasteiger partial charge is 0.421 e. The second-order valence-corrected chi connectivity index (χ2v) is 7.30. The van der Waals surface area contributed by atoms with Gasteiger partial charge in [0.2, 0.25) is 0 Å². The van der Waals surface area contributed by atoms with Crippen molar-refractivity contribution in [3.63, 3.8) is 0 Å². The molecule has 2 aromatic heterocycles. The minimum Gasteiger partial charge on any atom is -0.421 e. The summed E-state index contributed by atoms with van der Waals surface area (Å²) in [6.45, 7) is 5.68. The summed E-state index contributed by atoms with van der Waals surface area (Å²) in [6.07, 6.45) is 0. The smallest absolute Gasteiger partial charge is 0.383 e. The maximum atomic E-state index is 12.7. The van der Waals surface area contributed by atoms with Gasteiger partial charge in [-0.2, -0.15) is 4.98 Å². The molecule has 0 atom stereocenters. The fourth-order valence-electron chi connectivity index (χ4n) is 3.15. The molecule has 4 aromatic rings. The Bertz CT molecular complexity index is 1280. The fourth-order valence-corrected chi connectivity index (χ4v) is 3.15. The van der Waals surface area contributed by atoms with Crippen LogP contribution in [0.5, 0.6) is 5.75 Å². The summed E-state index contributed by atoms with van der Waals surface area (Å²) in [5.74, 6) is -0.214. The van der Waals surface area contributed by atoms with Crippen LogP contribution in [0.4, 0.5) is 5.69 Å². The number of nitrogens with zero attached hydrogens (tertiary/aromatic N) is 5. The zero-order valence-corrected chi connectivity index (χ0v) is 17.7. The number of hydrogen-bond acceptors (Lipinski definition) is 6. The zero-order valence-electron chi connectivity index (χ0n) is 17.7. The van der Waals surface area contributed by atoms with Crippen molar-refractivity contribution in [2.45, 2.75) is 20.8 Å². The lowest BCUT2D eigenvalue weighted by molar-refractivity contribution is 0.0722. The molecule has 0 bridgehead atoms. The minimum atomic E-state index is -0.681. The number of ether oxygens (including phenoxy) is 1. The van der Waals surface area contributed by atoms with E-state index in [2.05, 4.69) is 15.1 Å². The number of carbonyl (C=O) groups excluding carboxylic acids is 2. The monoisotopic (exact) mass is 415 g/mol. The third-order valence-corrected chi connectivity index (χ3v) is 4.84. The van der Waals surface area contributed by atoms with Gasteiger partial charge in [0.05, 0.1) is 0 Å². The van der Waals surface area contributed by atoms with E-state index in [9.17, 15) is 9.59 Å². The van der Waals surface area contributed by atoms with Crippen molar-refractivity contribution in [3.05, 3.63) is 82.9 Å². The third kappa shape index (κ3) is 4.13. The minimum absolute atomic E-state index is 0.0723. The van der Waals surface area contributed by atoms with Crippen LogP contribution in [0.15, 0.2) is 54.6 Å². The number of hydrogen-bond donors (Lipinski definition) is 0. The number of carbonyl (C=O) groups is 2. The van der Waals surface area contributed by atoms with E-state index < -0.39 is 5.97 Å². The highest BCUT2D eigenvalue weighted by Crippen LogP contribution is 2.21. The summed E-state index contributed by atoms with van der Waals surface area (Å²) >= 11 is 0. The van der Waals surface area contributed by atoms with Gasteiger partial charge in [-0.3, -0.25) is 4.79 Å². The predicted octanol–water partition coefficient (Wildman–Crippen LogP) is 3.55. The summed E-state index contributed by atoms with van der Waals surface area (Å²) in [5.41, 5.74) is 3.97. The maximum absolute atomic E-state index is 12.7. The van der Waals surface area contributed by atoms with E-state index in [0.29, 0.717) is 22.8 Å². The third-order valence-electron chi connectivity index (χ3n) is 4.84. The maximum Gasteiger partial charge on any atom is 0.383 e. The van der Waals surface area contributed by atoms with Crippen LogP contribution in [-0.4, -0.2) is 38.5 Å². The van der Waals surface area contributed by atoms with E-state index in [1.54, 1.807) is 43.4 Å². The fraction of sp³-hybridized carbons (Fsp3) is 0.174. The van der Waals surface area contributed by atoms with Gasteiger partial charge in [0, 0.05) is 29.7 Å². The first-order valence-electron chi connectivity index (χ1n) is 9.70. The molecular formula is C23H21N5O3. The summed E-state index contributed by atoms with van der Waals surface area (Å²) in [4.78, 5) is 35.1. The predicted molar refractivity (Wildman–Crippen MR) is 116 cm³/mol. The highest BCUT2D eigenvalue weighted by Gasteiger charge is 2.18. The highest BCUT2D eigenvalue weighted by atomic mass is 16.5. The number of aromatic nitrogens is 4. The van der Waals surface area contributed by atoms with Crippen LogP contribution in [0.2, 0.25) is 0 Å². The quantitative estimate of drug-likeness (QED) is 0.374. The molecular weight excluding hydrogens is 394 g/mol. The molecule has 2 heterocycles. The highest BCUT2D eigenvalue weighted by molar-refractivity contribution is 6.05. The van der Waals surface area contributed by atoms with E-state index in [1.165, 1.54) is 9.42 Å². The zero-order chi connectivity index (χ0) is 22.1. The van der Waals surface area contributed by atoms with Crippen molar-refractivity contribution in [1.82, 2.24) is 19.6 Å². The Balaban J connectivity index is 1.48. The van der Waals surface area contributed by atoms with Crippen LogP contribution < -0.4 is 9.64 Å². The molecule has 0 spiro atoms. The van der Waals surface area contributed by atoms with Crippen LogP contribution in [0, 0.1) is 20.8 Å². The lowest BCUT2D eigenvalue weighted by Gasteiger charge is -2.17. The summed E-state index contributed by atoms with van der Waals surface area (Å²) in [6, 6.07) is 15.9. The molecule has 0 unspecified atom stereocenters. The Morgan fingerprint density at radius 1 is 0.935 bits per heavy atom. The van der Waals surface area contributed by atoms with E-state index >= 15 is 0 Å². The standard InChI is InChI=1S/C23H21N5O3/c1-14-5-7-17(8-6-14)21(29)27(4)18-9-11-19(12-10-18)31-22(30)20-25-23-24-15(2)13-16(3)28(23)26-20/h5-13H,1-4H3. The van der Waals surface area contributed by atoms with Gasteiger partial charge in [-0.05, 0) is 63.2 Å². The van der Waals surface area contributed by atoms with Crippen LogP contribution >= 0.6 is 0 Å². The van der Waals surface area contributed by atoms with Crippen molar-refractivity contribution in [1.29, 1.82) is 0 Å². The van der Waals surface area contributed by atoms with Gasteiger partial charge in [0.25, 0.3) is 17.5 Å². The molecule has 0 aliphatic heterocycles. The first-order valence-corrected chi connectivity index (χ1v) is 9.70. The van der Waals surface area contributed by atoms with E-state index in [-0.39, 0.29) is 11.7 Å². The molecule has 0 saturated carbocycles. The Morgan fingerprint density at radius 3 is 2.29 bits per heavy atom. The van der Waals surface area contributed by atoms with Gasteiger partial charge in [-0.1, -0.05) is 17.7 Å². The lowest BCUT2D eigenvalue weighted by atomic mass is 10.1. The molecule has 31 heavy (non-hydrogen) atoms. The summed E-state index contributed by atoms with van der Waals surface area (Å²) in [5, 5.41) is 4.17. The molecule has 0 fully saturated rings. The van der Waals surface area contributed by atoms with Crippen molar-refractivity contribution in [3.8, 4) is 5.75 Å². The molecule has 2 aromatic carbocycles. The molecule has 156 valence electrons. The second-order valence-electron chi connectivity index (χ2n) is 7.30. The summed E-state index contributed by atoms with van der Waals surface area (Å²) < 4.78 is 6.88. The van der Waals surface area contributed by atoms with Gasteiger partial charge in [0.1, 0.15) is 5.75 Å².